The fourth-order valence-electron chi connectivity index (χ4n) is 1.45. The van der Waals surface area contributed by atoms with Crippen molar-refractivity contribution in [2.45, 2.75) is 31.9 Å². The summed E-state index contributed by atoms with van der Waals surface area (Å²) < 4.78 is 25.9. The molecule has 2 atom stereocenters. The minimum Gasteiger partial charge on any atom is -0.391 e. The van der Waals surface area contributed by atoms with Crippen LogP contribution < -0.4 is 5.73 Å². The monoisotopic (exact) mass is 251 g/mol. The average molecular weight is 252 g/mol. The van der Waals surface area contributed by atoms with Crippen LogP contribution in [-0.4, -0.2) is 11.2 Å². The zero-order valence-corrected chi connectivity index (χ0v) is 9.81. The molecule has 0 fully saturated rings. The molecule has 0 aromatic heterocycles. The number of rotatable bonds is 4. The first-order chi connectivity index (χ1) is 7.06. The standard InChI is InChI=1S/C11H15F2NO.ClH/c1-2-3-10(15)11(14)8-5-4-7(12)6-9(8)13;/h4-6,10-11,15H,2-3,14H2,1H3;1H/t10-,11+;/m1./s1. The van der Waals surface area contributed by atoms with Crippen molar-refractivity contribution in [2.75, 3.05) is 0 Å². The third-order valence-electron chi connectivity index (χ3n) is 2.32. The van der Waals surface area contributed by atoms with Crippen molar-refractivity contribution in [3.63, 3.8) is 0 Å². The summed E-state index contributed by atoms with van der Waals surface area (Å²) in [4.78, 5) is 0. The molecule has 0 aliphatic carbocycles. The maximum absolute atomic E-state index is 13.3. The second-order valence-corrected chi connectivity index (χ2v) is 3.55. The minimum atomic E-state index is -0.800. The molecule has 0 radical (unpaired) electrons. The second-order valence-electron chi connectivity index (χ2n) is 3.55. The molecular formula is C11H16ClF2NO. The van der Waals surface area contributed by atoms with Crippen molar-refractivity contribution in [2.24, 2.45) is 5.73 Å². The molecule has 0 aliphatic heterocycles. The largest absolute Gasteiger partial charge is 0.391 e. The summed E-state index contributed by atoms with van der Waals surface area (Å²) >= 11 is 0. The van der Waals surface area contributed by atoms with E-state index in [0.717, 1.165) is 18.6 Å². The third-order valence-corrected chi connectivity index (χ3v) is 2.32. The minimum absolute atomic E-state index is 0. The summed E-state index contributed by atoms with van der Waals surface area (Å²) in [5.74, 6) is -1.36. The van der Waals surface area contributed by atoms with E-state index in [0.29, 0.717) is 6.42 Å². The molecule has 0 amide bonds. The van der Waals surface area contributed by atoms with Crippen molar-refractivity contribution >= 4 is 12.4 Å². The van der Waals surface area contributed by atoms with E-state index in [9.17, 15) is 13.9 Å². The van der Waals surface area contributed by atoms with Gasteiger partial charge in [0.15, 0.2) is 0 Å². The van der Waals surface area contributed by atoms with Crippen LogP contribution in [0.25, 0.3) is 0 Å². The number of nitrogens with two attached hydrogens (primary N) is 1. The molecule has 5 heteroatoms. The van der Waals surface area contributed by atoms with Gasteiger partial charge in [-0.25, -0.2) is 8.78 Å². The maximum Gasteiger partial charge on any atom is 0.130 e. The molecular weight excluding hydrogens is 236 g/mol. The van der Waals surface area contributed by atoms with Gasteiger partial charge in [0.2, 0.25) is 0 Å². The van der Waals surface area contributed by atoms with Crippen LogP contribution >= 0.6 is 12.4 Å². The number of hydrogen-bond acceptors (Lipinski definition) is 2. The SMILES string of the molecule is CCC[C@@H](O)[C@@H](N)c1ccc(F)cc1F.Cl. The van der Waals surface area contributed by atoms with Crippen molar-refractivity contribution < 1.29 is 13.9 Å². The highest BCUT2D eigenvalue weighted by Gasteiger charge is 2.19. The van der Waals surface area contributed by atoms with Crippen LogP contribution in [0.4, 0.5) is 8.78 Å². The van der Waals surface area contributed by atoms with Crippen LogP contribution in [0, 0.1) is 11.6 Å². The predicted octanol–water partition coefficient (Wildman–Crippen LogP) is 2.55. The van der Waals surface area contributed by atoms with E-state index >= 15 is 0 Å². The van der Waals surface area contributed by atoms with Gasteiger partial charge in [0.05, 0.1) is 12.1 Å². The summed E-state index contributed by atoms with van der Waals surface area (Å²) in [6, 6.07) is 2.38. The Morgan fingerprint density at radius 2 is 2.00 bits per heavy atom. The quantitative estimate of drug-likeness (QED) is 0.864. The molecule has 0 bridgehead atoms. The molecule has 0 spiro atoms. The summed E-state index contributed by atoms with van der Waals surface area (Å²) in [6.07, 6.45) is 0.463. The number of hydrogen-bond donors (Lipinski definition) is 2. The number of aliphatic hydroxyl groups is 1. The highest BCUT2D eigenvalue weighted by atomic mass is 35.5. The highest BCUT2D eigenvalue weighted by Crippen LogP contribution is 2.21. The van der Waals surface area contributed by atoms with Crippen molar-refractivity contribution in [1.29, 1.82) is 0 Å². The summed E-state index contributed by atoms with van der Waals surface area (Å²) in [7, 11) is 0. The van der Waals surface area contributed by atoms with Crippen LogP contribution in [0.15, 0.2) is 18.2 Å². The summed E-state index contributed by atoms with van der Waals surface area (Å²) in [5.41, 5.74) is 5.81. The number of halogens is 3. The van der Waals surface area contributed by atoms with Gasteiger partial charge in [-0.2, -0.15) is 0 Å². The fraction of sp³-hybridized carbons (Fsp3) is 0.455. The Bertz CT molecular complexity index is 336. The predicted molar refractivity (Wildman–Crippen MR) is 61.4 cm³/mol. The van der Waals surface area contributed by atoms with Gasteiger partial charge >= 0.3 is 0 Å². The Morgan fingerprint density at radius 3 is 2.50 bits per heavy atom. The lowest BCUT2D eigenvalue weighted by Crippen LogP contribution is -2.26. The van der Waals surface area contributed by atoms with Gasteiger partial charge in [-0.1, -0.05) is 19.4 Å². The lowest BCUT2D eigenvalue weighted by Gasteiger charge is -2.19. The second kappa shape index (κ2) is 6.78. The molecule has 0 aliphatic rings. The van der Waals surface area contributed by atoms with Gasteiger partial charge in [-0.05, 0) is 12.5 Å². The molecule has 0 heterocycles. The topological polar surface area (TPSA) is 46.2 Å². The smallest absolute Gasteiger partial charge is 0.130 e. The average Bonchev–Trinajstić information content (AvgIpc) is 2.17. The molecule has 3 N–H and O–H groups in total. The Balaban J connectivity index is 0.00000225. The lowest BCUT2D eigenvalue weighted by molar-refractivity contribution is 0.132. The van der Waals surface area contributed by atoms with E-state index in [2.05, 4.69) is 0 Å². The Kier molecular flexibility index (Phi) is 6.48. The number of benzene rings is 1. The summed E-state index contributed by atoms with van der Waals surface area (Å²) in [5, 5.41) is 9.58. The molecule has 92 valence electrons. The van der Waals surface area contributed by atoms with Crippen LogP contribution in [-0.2, 0) is 0 Å². The molecule has 1 aromatic carbocycles. The van der Waals surface area contributed by atoms with E-state index in [1.165, 1.54) is 6.07 Å². The van der Waals surface area contributed by atoms with Gasteiger partial charge in [0.1, 0.15) is 11.6 Å². The first-order valence-corrected chi connectivity index (χ1v) is 4.94. The molecule has 0 saturated carbocycles. The van der Waals surface area contributed by atoms with Gasteiger partial charge < -0.3 is 10.8 Å². The van der Waals surface area contributed by atoms with E-state index in [1.807, 2.05) is 6.92 Å². The molecule has 1 aromatic rings. The van der Waals surface area contributed by atoms with E-state index in [-0.39, 0.29) is 18.0 Å². The molecule has 16 heavy (non-hydrogen) atoms. The van der Waals surface area contributed by atoms with E-state index < -0.39 is 23.8 Å². The Morgan fingerprint density at radius 1 is 1.38 bits per heavy atom. The summed E-state index contributed by atoms with van der Waals surface area (Å²) in [6.45, 7) is 1.90. The zero-order chi connectivity index (χ0) is 11.4. The third kappa shape index (κ3) is 3.70. The van der Waals surface area contributed by atoms with Gasteiger partial charge in [-0.15, -0.1) is 12.4 Å². The van der Waals surface area contributed by atoms with Crippen molar-refractivity contribution in [3.8, 4) is 0 Å². The van der Waals surface area contributed by atoms with Crippen LogP contribution in [0.2, 0.25) is 0 Å². The van der Waals surface area contributed by atoms with Crippen LogP contribution in [0.3, 0.4) is 0 Å². The highest BCUT2D eigenvalue weighted by molar-refractivity contribution is 5.85. The number of aliphatic hydroxyl groups excluding tert-OH is 1. The zero-order valence-electron chi connectivity index (χ0n) is 8.99. The van der Waals surface area contributed by atoms with Gasteiger partial charge in [0.25, 0.3) is 0 Å². The fourth-order valence-corrected chi connectivity index (χ4v) is 1.45. The molecule has 1 rings (SSSR count). The lowest BCUT2D eigenvalue weighted by atomic mass is 9.99. The van der Waals surface area contributed by atoms with E-state index in [1.54, 1.807) is 0 Å². The molecule has 0 saturated heterocycles. The Labute approximate surface area is 99.9 Å². The first kappa shape index (κ1) is 15.3. The first-order valence-electron chi connectivity index (χ1n) is 4.94. The molecule has 2 nitrogen and oxygen atoms in total. The van der Waals surface area contributed by atoms with Crippen LogP contribution in [0.1, 0.15) is 31.4 Å². The molecule has 0 unspecified atom stereocenters. The maximum atomic E-state index is 13.3. The van der Waals surface area contributed by atoms with Crippen LogP contribution in [0.5, 0.6) is 0 Å². The van der Waals surface area contributed by atoms with Crippen molar-refractivity contribution in [1.82, 2.24) is 0 Å². The van der Waals surface area contributed by atoms with E-state index in [4.69, 9.17) is 5.73 Å². The normalized spacial score (nSPS) is 14.1. The van der Waals surface area contributed by atoms with Gasteiger partial charge in [-0.3, -0.25) is 0 Å². The Hall–Kier alpha value is -0.710. The van der Waals surface area contributed by atoms with Crippen molar-refractivity contribution in [3.05, 3.63) is 35.4 Å². The van der Waals surface area contributed by atoms with Gasteiger partial charge in [0, 0.05) is 11.6 Å².